The van der Waals surface area contributed by atoms with Gasteiger partial charge in [0.05, 0.1) is 4.90 Å². The third-order valence-corrected chi connectivity index (χ3v) is 6.17. The quantitative estimate of drug-likeness (QED) is 0.769. The van der Waals surface area contributed by atoms with Crippen molar-refractivity contribution in [2.24, 2.45) is 0 Å². The molecular weight excluding hydrogens is 396 g/mol. The molecule has 0 unspecified atom stereocenters. The van der Waals surface area contributed by atoms with Crippen molar-refractivity contribution in [3.05, 3.63) is 40.3 Å². The highest BCUT2D eigenvalue weighted by Crippen LogP contribution is 2.25. The lowest BCUT2D eigenvalue weighted by molar-refractivity contribution is 0.372. The second-order valence-corrected chi connectivity index (χ2v) is 8.20. The number of aryl methyl sites for hydroxylation is 1. The molecule has 24 heavy (non-hydrogen) atoms. The number of hydrogen-bond acceptors (Lipinski definition) is 6. The molecule has 1 aromatic heterocycles. The molecule has 1 aliphatic rings. The van der Waals surface area contributed by atoms with Crippen molar-refractivity contribution in [2.45, 2.75) is 11.8 Å². The van der Waals surface area contributed by atoms with Crippen molar-refractivity contribution in [2.75, 3.05) is 31.1 Å². The molecule has 0 radical (unpaired) electrons. The Hall–Kier alpha value is -1.89. The molecule has 126 valence electrons. The van der Waals surface area contributed by atoms with Crippen LogP contribution in [0.2, 0.25) is 0 Å². The zero-order chi connectivity index (χ0) is 17.3. The van der Waals surface area contributed by atoms with Gasteiger partial charge in [-0.15, -0.1) is 0 Å². The van der Waals surface area contributed by atoms with E-state index in [1.54, 1.807) is 31.2 Å². The maximum atomic E-state index is 12.7. The predicted molar refractivity (Wildman–Crippen MR) is 91.1 cm³/mol. The Morgan fingerprint density at radius 1 is 1.29 bits per heavy atom. The Kier molecular flexibility index (Phi) is 4.62. The van der Waals surface area contributed by atoms with Crippen LogP contribution in [-0.4, -0.2) is 43.9 Å². The minimum Gasteiger partial charge on any atom is -0.424 e. The zero-order valence-electron chi connectivity index (χ0n) is 12.9. The van der Waals surface area contributed by atoms with E-state index >= 15 is 0 Å². The van der Waals surface area contributed by atoms with E-state index in [0.29, 0.717) is 38.0 Å². The first kappa shape index (κ1) is 17.0. The lowest BCUT2D eigenvalue weighted by atomic mass is 10.3. The summed E-state index contributed by atoms with van der Waals surface area (Å²) in [6.45, 7) is 3.20. The molecule has 1 fully saturated rings. The van der Waals surface area contributed by atoms with Crippen molar-refractivity contribution < 1.29 is 12.8 Å². The molecular formula is C15H15BrN4O3S. The van der Waals surface area contributed by atoms with Gasteiger partial charge in [0.25, 0.3) is 0 Å². The zero-order valence-corrected chi connectivity index (χ0v) is 15.3. The molecule has 9 heteroatoms. The van der Waals surface area contributed by atoms with Gasteiger partial charge in [0, 0.05) is 37.6 Å². The van der Waals surface area contributed by atoms with Gasteiger partial charge in [-0.1, -0.05) is 22.0 Å². The van der Waals surface area contributed by atoms with E-state index in [9.17, 15) is 8.42 Å². The molecule has 1 saturated heterocycles. The van der Waals surface area contributed by atoms with Crippen LogP contribution in [0, 0.1) is 18.3 Å². The average molecular weight is 411 g/mol. The van der Waals surface area contributed by atoms with Gasteiger partial charge in [0.15, 0.2) is 5.89 Å². The van der Waals surface area contributed by atoms with E-state index in [2.05, 4.69) is 20.9 Å². The second-order valence-electron chi connectivity index (χ2n) is 5.35. The predicted octanol–water partition coefficient (Wildman–Crippen LogP) is 2.13. The van der Waals surface area contributed by atoms with Crippen molar-refractivity contribution in [3.8, 4) is 6.07 Å². The lowest BCUT2D eigenvalue weighted by Gasteiger charge is -2.33. The molecule has 0 N–H and O–H groups in total. The first-order valence-electron chi connectivity index (χ1n) is 7.30. The number of hydrogen-bond donors (Lipinski definition) is 0. The van der Waals surface area contributed by atoms with Crippen LogP contribution >= 0.6 is 15.9 Å². The number of halogens is 1. The number of piperazine rings is 1. The van der Waals surface area contributed by atoms with E-state index in [1.807, 2.05) is 11.0 Å². The lowest BCUT2D eigenvalue weighted by Crippen LogP contribution is -2.48. The van der Waals surface area contributed by atoms with Crippen LogP contribution in [0.3, 0.4) is 0 Å². The van der Waals surface area contributed by atoms with E-state index in [4.69, 9.17) is 9.68 Å². The normalized spacial score (nSPS) is 16.1. The number of rotatable bonds is 3. The SMILES string of the molecule is Cc1nc(C#N)c(N2CCN(S(=O)(=O)c3cccc(Br)c3)CC2)o1. The summed E-state index contributed by atoms with van der Waals surface area (Å²) < 4.78 is 33.1. The first-order valence-corrected chi connectivity index (χ1v) is 9.53. The van der Waals surface area contributed by atoms with Gasteiger partial charge >= 0.3 is 0 Å². The Labute approximate surface area is 148 Å². The Balaban J connectivity index is 1.76. The number of benzene rings is 1. The molecule has 0 aliphatic carbocycles. The summed E-state index contributed by atoms with van der Waals surface area (Å²) in [4.78, 5) is 6.14. The number of nitriles is 1. The molecule has 0 amide bonds. The van der Waals surface area contributed by atoms with Gasteiger partial charge in [-0.05, 0) is 18.2 Å². The summed E-state index contributed by atoms with van der Waals surface area (Å²) in [6.07, 6.45) is 0. The third-order valence-electron chi connectivity index (χ3n) is 3.78. The fourth-order valence-electron chi connectivity index (χ4n) is 2.61. The van der Waals surface area contributed by atoms with Gasteiger partial charge in [0.1, 0.15) is 6.07 Å². The summed E-state index contributed by atoms with van der Waals surface area (Å²) in [5.74, 6) is 0.834. The van der Waals surface area contributed by atoms with Crippen molar-refractivity contribution in [3.63, 3.8) is 0 Å². The number of sulfonamides is 1. The van der Waals surface area contributed by atoms with Crippen molar-refractivity contribution in [1.82, 2.24) is 9.29 Å². The maximum absolute atomic E-state index is 12.7. The van der Waals surface area contributed by atoms with Crippen LogP contribution < -0.4 is 4.90 Å². The summed E-state index contributed by atoms with van der Waals surface area (Å²) in [5.41, 5.74) is 0.232. The van der Waals surface area contributed by atoms with E-state index in [0.717, 1.165) is 4.47 Å². The van der Waals surface area contributed by atoms with E-state index < -0.39 is 10.0 Å². The van der Waals surface area contributed by atoms with Gasteiger partial charge in [0.2, 0.25) is 21.6 Å². The molecule has 0 spiro atoms. The molecule has 3 rings (SSSR count). The Morgan fingerprint density at radius 2 is 2.00 bits per heavy atom. The average Bonchev–Trinajstić information content (AvgIpc) is 2.96. The smallest absolute Gasteiger partial charge is 0.243 e. The topological polar surface area (TPSA) is 90.4 Å². The Morgan fingerprint density at radius 3 is 2.62 bits per heavy atom. The first-order chi connectivity index (χ1) is 11.4. The molecule has 2 heterocycles. The van der Waals surface area contributed by atoms with Gasteiger partial charge in [-0.3, -0.25) is 0 Å². The van der Waals surface area contributed by atoms with Gasteiger partial charge in [-0.25, -0.2) is 13.4 Å². The third kappa shape index (κ3) is 3.17. The molecule has 1 aliphatic heterocycles. The highest BCUT2D eigenvalue weighted by atomic mass is 79.9. The van der Waals surface area contributed by atoms with Crippen molar-refractivity contribution in [1.29, 1.82) is 5.26 Å². The summed E-state index contributed by atoms with van der Waals surface area (Å²) >= 11 is 3.30. The van der Waals surface area contributed by atoms with Crippen LogP contribution in [0.25, 0.3) is 0 Å². The molecule has 0 bridgehead atoms. The van der Waals surface area contributed by atoms with E-state index in [-0.39, 0.29) is 10.6 Å². The maximum Gasteiger partial charge on any atom is 0.243 e. The summed E-state index contributed by atoms with van der Waals surface area (Å²) in [5, 5.41) is 9.11. The monoisotopic (exact) mass is 410 g/mol. The summed E-state index contributed by atoms with van der Waals surface area (Å²) in [7, 11) is -3.54. The van der Waals surface area contributed by atoms with Gasteiger partial charge < -0.3 is 9.32 Å². The van der Waals surface area contributed by atoms with Crippen LogP contribution in [0.1, 0.15) is 11.6 Å². The molecule has 0 saturated carbocycles. The largest absolute Gasteiger partial charge is 0.424 e. The molecule has 2 aromatic rings. The number of oxazole rings is 1. The highest BCUT2D eigenvalue weighted by molar-refractivity contribution is 9.10. The standard InChI is InChI=1S/C15H15BrN4O3S/c1-11-18-14(10-17)15(23-11)19-5-7-20(8-6-19)24(21,22)13-4-2-3-12(16)9-13/h2-4,9H,5-8H2,1H3. The Bertz CT molecular complexity index is 896. The molecule has 7 nitrogen and oxygen atoms in total. The number of aromatic nitrogens is 1. The van der Waals surface area contributed by atoms with Crippen LogP contribution in [-0.2, 0) is 10.0 Å². The fourth-order valence-corrected chi connectivity index (χ4v) is 4.63. The molecule has 1 aromatic carbocycles. The molecule has 0 atom stereocenters. The fraction of sp³-hybridized carbons (Fsp3) is 0.333. The summed E-state index contributed by atoms with van der Waals surface area (Å²) in [6, 6.07) is 8.66. The van der Waals surface area contributed by atoms with Gasteiger partial charge in [-0.2, -0.15) is 9.57 Å². The minimum absolute atomic E-state index is 0.232. The van der Waals surface area contributed by atoms with Crippen LogP contribution in [0.4, 0.5) is 5.88 Å². The van der Waals surface area contributed by atoms with Crippen LogP contribution in [0.5, 0.6) is 0 Å². The van der Waals surface area contributed by atoms with Crippen molar-refractivity contribution >= 4 is 31.8 Å². The van der Waals surface area contributed by atoms with Crippen LogP contribution in [0.15, 0.2) is 38.1 Å². The highest BCUT2D eigenvalue weighted by Gasteiger charge is 2.30. The number of anilines is 1. The number of nitrogens with zero attached hydrogens (tertiary/aromatic N) is 4. The minimum atomic E-state index is -3.54. The van der Waals surface area contributed by atoms with E-state index in [1.165, 1.54) is 4.31 Å². The second kappa shape index (κ2) is 6.55.